The van der Waals surface area contributed by atoms with Crippen LogP contribution in [0.25, 0.3) is 10.2 Å². The van der Waals surface area contributed by atoms with Gasteiger partial charge in [-0.2, -0.15) is 0 Å². The molecule has 31 heavy (non-hydrogen) atoms. The summed E-state index contributed by atoms with van der Waals surface area (Å²) in [6, 6.07) is 11.4. The largest absolute Gasteiger partial charge is 0.302 e. The Morgan fingerprint density at radius 2 is 2.00 bits per heavy atom. The normalized spacial score (nSPS) is 11.1. The number of nitrogens with one attached hydrogen (secondary N) is 2. The van der Waals surface area contributed by atoms with Crippen LogP contribution in [-0.4, -0.2) is 20.9 Å². The summed E-state index contributed by atoms with van der Waals surface area (Å²) >= 11 is 8.62. The summed E-state index contributed by atoms with van der Waals surface area (Å²) in [6.07, 6.45) is -0.117. The fourth-order valence-corrected chi connectivity index (χ4v) is 4.89. The minimum absolute atomic E-state index is 0.117. The summed E-state index contributed by atoms with van der Waals surface area (Å²) in [6.45, 7) is 1.69. The van der Waals surface area contributed by atoms with Crippen molar-refractivity contribution in [1.29, 1.82) is 0 Å². The number of carbonyl (C=O) groups excluding carboxylic acids is 1. The van der Waals surface area contributed by atoms with E-state index < -0.39 is 0 Å². The number of anilines is 1. The number of hydrogen-bond acceptors (Lipinski definition) is 6. The molecule has 158 valence electrons. The highest BCUT2D eigenvalue weighted by atomic mass is 35.5. The van der Waals surface area contributed by atoms with Gasteiger partial charge < -0.3 is 10.3 Å². The molecule has 4 rings (SSSR count). The zero-order valence-corrected chi connectivity index (χ0v) is 18.6. The molecule has 0 unspecified atom stereocenters. The van der Waals surface area contributed by atoms with Gasteiger partial charge in [0.15, 0.2) is 10.3 Å². The summed E-state index contributed by atoms with van der Waals surface area (Å²) in [7, 11) is 0. The number of aromatic amines is 1. The molecule has 0 aliphatic heterocycles. The summed E-state index contributed by atoms with van der Waals surface area (Å²) in [5.74, 6) is -0.120. The second-order valence-electron chi connectivity index (χ2n) is 6.71. The molecule has 0 saturated carbocycles. The number of amides is 1. The number of carbonyl (C=O) groups is 1. The summed E-state index contributed by atoms with van der Waals surface area (Å²) < 4.78 is 13.9. The van der Waals surface area contributed by atoms with Crippen molar-refractivity contribution in [3.8, 4) is 0 Å². The molecule has 0 saturated heterocycles. The highest BCUT2D eigenvalue weighted by molar-refractivity contribution is 7.98. The van der Waals surface area contributed by atoms with E-state index >= 15 is 0 Å². The first-order valence-electron chi connectivity index (χ1n) is 9.20. The third-order valence-electron chi connectivity index (χ3n) is 4.42. The Balaban J connectivity index is 1.43. The number of thiazole rings is 1. The fraction of sp³-hybridized carbons (Fsp3) is 0.143. The third-order valence-corrected chi connectivity index (χ3v) is 6.54. The molecule has 6 nitrogen and oxygen atoms in total. The van der Waals surface area contributed by atoms with Crippen molar-refractivity contribution in [3.05, 3.63) is 80.5 Å². The van der Waals surface area contributed by atoms with E-state index in [1.165, 1.54) is 35.2 Å². The van der Waals surface area contributed by atoms with Crippen LogP contribution in [0.3, 0.4) is 0 Å². The van der Waals surface area contributed by atoms with E-state index in [1.807, 2.05) is 0 Å². The lowest BCUT2D eigenvalue weighted by Crippen LogP contribution is -2.23. The van der Waals surface area contributed by atoms with Crippen molar-refractivity contribution < 1.29 is 9.18 Å². The molecular weight excluding hydrogens is 459 g/mol. The molecule has 0 bridgehead atoms. The maximum Gasteiger partial charge on any atom is 0.255 e. The van der Waals surface area contributed by atoms with Gasteiger partial charge in [-0.25, -0.2) is 14.4 Å². The van der Waals surface area contributed by atoms with Crippen LogP contribution in [0.5, 0.6) is 0 Å². The monoisotopic (exact) mass is 474 g/mol. The van der Waals surface area contributed by atoms with Gasteiger partial charge >= 0.3 is 0 Å². The predicted octanol–water partition coefficient (Wildman–Crippen LogP) is 4.95. The third kappa shape index (κ3) is 5.30. The standard InChI is InChI=1S/C21H16ClFN4O2S2/c1-11-15(9-18(28)26-21-25-16-7-4-13(22)8-17(16)31-21)19(29)27-20(24-11)30-10-12-2-5-14(23)6-3-12/h2-8H,9-10H2,1H3,(H,24,27,29)(H,25,26,28). The van der Waals surface area contributed by atoms with Crippen molar-refractivity contribution in [2.24, 2.45) is 0 Å². The molecule has 2 N–H and O–H groups in total. The zero-order valence-electron chi connectivity index (χ0n) is 16.2. The van der Waals surface area contributed by atoms with Crippen molar-refractivity contribution in [2.75, 3.05) is 5.32 Å². The first-order chi connectivity index (χ1) is 14.9. The SMILES string of the molecule is Cc1nc(SCc2ccc(F)cc2)[nH]c(=O)c1CC(=O)Nc1nc2ccc(Cl)cc2s1. The molecule has 4 aromatic rings. The molecule has 0 radical (unpaired) electrons. The quantitative estimate of drug-likeness (QED) is 0.305. The summed E-state index contributed by atoms with van der Waals surface area (Å²) in [4.78, 5) is 36.4. The first kappa shape index (κ1) is 21.5. The van der Waals surface area contributed by atoms with Crippen LogP contribution in [0.1, 0.15) is 16.8 Å². The van der Waals surface area contributed by atoms with Gasteiger partial charge in [-0.1, -0.05) is 46.8 Å². The molecule has 10 heteroatoms. The van der Waals surface area contributed by atoms with Gasteiger partial charge in [0, 0.05) is 22.0 Å². The highest BCUT2D eigenvalue weighted by Gasteiger charge is 2.15. The maximum atomic E-state index is 13.0. The minimum Gasteiger partial charge on any atom is -0.302 e. The van der Waals surface area contributed by atoms with Gasteiger partial charge in [0.25, 0.3) is 5.56 Å². The number of rotatable bonds is 6. The van der Waals surface area contributed by atoms with E-state index in [2.05, 4.69) is 20.3 Å². The molecule has 2 aromatic heterocycles. The lowest BCUT2D eigenvalue weighted by Gasteiger charge is -2.07. The Morgan fingerprint density at radius 1 is 1.23 bits per heavy atom. The van der Waals surface area contributed by atoms with Crippen molar-refractivity contribution in [2.45, 2.75) is 24.3 Å². The first-order valence-corrected chi connectivity index (χ1v) is 11.4. The van der Waals surface area contributed by atoms with Crippen LogP contribution < -0.4 is 10.9 Å². The van der Waals surface area contributed by atoms with Crippen LogP contribution in [0.2, 0.25) is 5.02 Å². The van der Waals surface area contributed by atoms with Crippen LogP contribution in [0.15, 0.2) is 52.4 Å². The lowest BCUT2D eigenvalue weighted by atomic mass is 10.1. The fourth-order valence-electron chi connectivity index (χ4n) is 2.87. The number of hydrogen-bond donors (Lipinski definition) is 2. The van der Waals surface area contributed by atoms with Gasteiger partial charge in [0.2, 0.25) is 5.91 Å². The Hall–Kier alpha value is -2.75. The second-order valence-corrected chi connectivity index (χ2v) is 9.14. The molecule has 0 fully saturated rings. The van der Waals surface area contributed by atoms with Gasteiger partial charge in [0.1, 0.15) is 5.82 Å². The van der Waals surface area contributed by atoms with E-state index in [9.17, 15) is 14.0 Å². The summed E-state index contributed by atoms with van der Waals surface area (Å²) in [5.41, 5.74) is 2.07. The van der Waals surface area contributed by atoms with Gasteiger partial charge in [0.05, 0.1) is 16.6 Å². The molecule has 1 amide bonds. The molecule has 0 aliphatic carbocycles. The van der Waals surface area contributed by atoms with E-state index in [-0.39, 0.29) is 23.7 Å². The van der Waals surface area contributed by atoms with Crippen molar-refractivity contribution in [1.82, 2.24) is 15.0 Å². The Morgan fingerprint density at radius 3 is 2.74 bits per heavy atom. The molecule has 0 aliphatic rings. The number of benzene rings is 2. The molecule has 2 aromatic carbocycles. The van der Waals surface area contributed by atoms with Crippen LogP contribution >= 0.6 is 34.7 Å². The maximum absolute atomic E-state index is 13.0. The van der Waals surface area contributed by atoms with Crippen LogP contribution in [0.4, 0.5) is 9.52 Å². The van der Waals surface area contributed by atoms with Gasteiger partial charge in [-0.05, 0) is 42.8 Å². The molecule has 0 spiro atoms. The number of thioether (sulfide) groups is 1. The number of aryl methyl sites for hydroxylation is 1. The van der Waals surface area contributed by atoms with Crippen molar-refractivity contribution in [3.63, 3.8) is 0 Å². The number of nitrogens with zero attached hydrogens (tertiary/aromatic N) is 2. The van der Waals surface area contributed by atoms with Crippen molar-refractivity contribution >= 4 is 56.0 Å². The Kier molecular flexibility index (Phi) is 6.35. The number of fused-ring (bicyclic) bond motifs is 1. The number of halogens is 2. The minimum atomic E-state index is -0.361. The molecule has 2 heterocycles. The van der Waals surface area contributed by atoms with Crippen LogP contribution in [0, 0.1) is 12.7 Å². The van der Waals surface area contributed by atoms with Gasteiger partial charge in [-0.3, -0.25) is 9.59 Å². The highest BCUT2D eigenvalue weighted by Crippen LogP contribution is 2.28. The Bertz CT molecular complexity index is 1320. The topological polar surface area (TPSA) is 87.7 Å². The van der Waals surface area contributed by atoms with E-state index in [4.69, 9.17) is 11.6 Å². The predicted molar refractivity (Wildman–Crippen MR) is 123 cm³/mol. The Labute approximate surface area is 189 Å². The number of H-pyrrole nitrogens is 1. The molecule has 0 atom stereocenters. The lowest BCUT2D eigenvalue weighted by molar-refractivity contribution is -0.115. The number of aromatic nitrogens is 3. The zero-order chi connectivity index (χ0) is 22.0. The molecular formula is C21H16ClFN4O2S2. The van der Waals surface area contributed by atoms with E-state index in [0.29, 0.717) is 32.3 Å². The smallest absolute Gasteiger partial charge is 0.255 e. The second kappa shape index (κ2) is 9.17. The average molecular weight is 475 g/mol. The van der Waals surface area contributed by atoms with E-state index in [0.717, 1.165) is 15.8 Å². The van der Waals surface area contributed by atoms with Gasteiger partial charge in [-0.15, -0.1) is 0 Å². The van der Waals surface area contributed by atoms with Crippen LogP contribution in [-0.2, 0) is 17.0 Å². The summed E-state index contributed by atoms with van der Waals surface area (Å²) in [5, 5.41) is 4.21. The average Bonchev–Trinajstić information content (AvgIpc) is 3.11. The van der Waals surface area contributed by atoms with E-state index in [1.54, 1.807) is 37.3 Å².